The van der Waals surface area contributed by atoms with Crippen LogP contribution in [0.4, 0.5) is 0 Å². The van der Waals surface area contributed by atoms with E-state index in [0.29, 0.717) is 6.42 Å². The summed E-state index contributed by atoms with van der Waals surface area (Å²) in [5.41, 5.74) is 3.44. The van der Waals surface area contributed by atoms with Crippen LogP contribution in [0.2, 0.25) is 0 Å². The maximum Gasteiger partial charge on any atom is 0.111 e. The van der Waals surface area contributed by atoms with Gasteiger partial charge in [-0.3, -0.25) is 0 Å². The second-order valence-corrected chi connectivity index (χ2v) is 5.10. The quantitative estimate of drug-likeness (QED) is 0.894. The minimum atomic E-state index is -0.489. The molecule has 2 rings (SSSR count). The summed E-state index contributed by atoms with van der Waals surface area (Å²) in [5.74, 6) is 0.951. The molecule has 0 aliphatic carbocycles. The Labute approximate surface area is 114 Å². The molecule has 0 amide bonds. The Morgan fingerprint density at radius 2 is 2.05 bits per heavy atom. The fraction of sp³-hybridized carbons (Fsp3) is 0.438. The standard InChI is InChI=1S/C16H22N2O/c1-4-8-18-9-7-17-16(18)11-15(19)14-6-5-12(2)13(3)10-14/h5-7,9-10,15,19H,4,8,11H2,1-3H3. The number of imidazole rings is 1. The number of benzene rings is 1. The van der Waals surface area contributed by atoms with Crippen LogP contribution in [0.5, 0.6) is 0 Å². The molecular weight excluding hydrogens is 236 g/mol. The summed E-state index contributed by atoms with van der Waals surface area (Å²) in [6.07, 6.45) is 4.93. The third kappa shape index (κ3) is 3.24. The van der Waals surface area contributed by atoms with E-state index in [9.17, 15) is 5.11 Å². The number of hydrogen-bond acceptors (Lipinski definition) is 2. The Hall–Kier alpha value is -1.61. The van der Waals surface area contributed by atoms with Gasteiger partial charge in [0.1, 0.15) is 5.82 Å². The summed E-state index contributed by atoms with van der Waals surface area (Å²) >= 11 is 0. The number of aliphatic hydroxyl groups excluding tert-OH is 1. The van der Waals surface area contributed by atoms with Gasteiger partial charge in [-0.2, -0.15) is 0 Å². The van der Waals surface area contributed by atoms with Crippen molar-refractivity contribution in [3.05, 3.63) is 53.1 Å². The molecule has 0 aliphatic heterocycles. The van der Waals surface area contributed by atoms with E-state index in [1.807, 2.05) is 12.3 Å². The highest BCUT2D eigenvalue weighted by molar-refractivity contribution is 5.31. The van der Waals surface area contributed by atoms with Gasteiger partial charge in [0.15, 0.2) is 0 Å². The molecular formula is C16H22N2O. The molecule has 0 fully saturated rings. The van der Waals surface area contributed by atoms with Gasteiger partial charge in [0, 0.05) is 25.4 Å². The molecule has 1 unspecified atom stereocenters. The number of rotatable bonds is 5. The number of aliphatic hydroxyl groups is 1. The van der Waals surface area contributed by atoms with Crippen LogP contribution in [0.15, 0.2) is 30.6 Å². The minimum absolute atomic E-state index is 0.489. The second-order valence-electron chi connectivity index (χ2n) is 5.10. The average Bonchev–Trinajstić information content (AvgIpc) is 2.80. The smallest absolute Gasteiger partial charge is 0.111 e. The fourth-order valence-electron chi connectivity index (χ4n) is 2.24. The van der Waals surface area contributed by atoms with Crippen LogP contribution in [-0.2, 0) is 13.0 Å². The van der Waals surface area contributed by atoms with E-state index in [-0.39, 0.29) is 0 Å². The molecule has 1 aromatic heterocycles. The van der Waals surface area contributed by atoms with E-state index in [2.05, 4.69) is 42.5 Å². The van der Waals surface area contributed by atoms with E-state index in [1.165, 1.54) is 11.1 Å². The topological polar surface area (TPSA) is 38.0 Å². The predicted molar refractivity (Wildman–Crippen MR) is 77.1 cm³/mol. The molecule has 0 aliphatic rings. The van der Waals surface area contributed by atoms with Gasteiger partial charge in [-0.1, -0.05) is 25.1 Å². The van der Waals surface area contributed by atoms with Crippen LogP contribution in [0, 0.1) is 13.8 Å². The Balaban J connectivity index is 2.13. The molecule has 0 spiro atoms. The van der Waals surface area contributed by atoms with Gasteiger partial charge in [0.05, 0.1) is 6.10 Å². The van der Waals surface area contributed by atoms with Crippen LogP contribution in [0.25, 0.3) is 0 Å². The van der Waals surface area contributed by atoms with E-state index >= 15 is 0 Å². The lowest BCUT2D eigenvalue weighted by atomic mass is 10.0. The van der Waals surface area contributed by atoms with Crippen LogP contribution in [0.1, 0.15) is 42.0 Å². The SMILES string of the molecule is CCCn1ccnc1CC(O)c1ccc(C)c(C)c1. The molecule has 1 atom stereocenters. The average molecular weight is 258 g/mol. The number of aryl methyl sites for hydroxylation is 3. The van der Waals surface area contributed by atoms with Crippen molar-refractivity contribution in [2.45, 2.75) is 46.3 Å². The van der Waals surface area contributed by atoms with Crippen LogP contribution >= 0.6 is 0 Å². The normalized spacial score (nSPS) is 12.6. The second kappa shape index (κ2) is 6.02. The first kappa shape index (κ1) is 13.8. The Kier molecular flexibility index (Phi) is 4.38. The largest absolute Gasteiger partial charge is 0.388 e. The van der Waals surface area contributed by atoms with Crippen molar-refractivity contribution in [3.8, 4) is 0 Å². The lowest BCUT2D eigenvalue weighted by Crippen LogP contribution is -2.09. The van der Waals surface area contributed by atoms with Crippen molar-refractivity contribution in [1.82, 2.24) is 9.55 Å². The highest BCUT2D eigenvalue weighted by atomic mass is 16.3. The van der Waals surface area contributed by atoms with E-state index in [0.717, 1.165) is 24.4 Å². The van der Waals surface area contributed by atoms with Crippen LogP contribution in [-0.4, -0.2) is 14.7 Å². The highest BCUT2D eigenvalue weighted by Gasteiger charge is 2.12. The highest BCUT2D eigenvalue weighted by Crippen LogP contribution is 2.20. The lowest BCUT2D eigenvalue weighted by molar-refractivity contribution is 0.174. The lowest BCUT2D eigenvalue weighted by Gasteiger charge is -2.13. The van der Waals surface area contributed by atoms with Crippen LogP contribution in [0.3, 0.4) is 0 Å². The molecule has 1 heterocycles. The molecule has 0 saturated heterocycles. The summed E-state index contributed by atoms with van der Waals surface area (Å²) in [7, 11) is 0. The maximum atomic E-state index is 10.3. The molecule has 0 bridgehead atoms. The molecule has 2 aromatic rings. The zero-order valence-corrected chi connectivity index (χ0v) is 11.9. The molecule has 19 heavy (non-hydrogen) atoms. The summed E-state index contributed by atoms with van der Waals surface area (Å²) in [6, 6.07) is 6.12. The third-order valence-corrected chi connectivity index (χ3v) is 3.56. The molecule has 3 nitrogen and oxygen atoms in total. The van der Waals surface area contributed by atoms with Crippen molar-refractivity contribution >= 4 is 0 Å². The number of nitrogens with zero attached hydrogens (tertiary/aromatic N) is 2. The molecule has 0 saturated carbocycles. The monoisotopic (exact) mass is 258 g/mol. The van der Waals surface area contributed by atoms with Crippen LogP contribution < -0.4 is 0 Å². The van der Waals surface area contributed by atoms with Gasteiger partial charge in [-0.15, -0.1) is 0 Å². The van der Waals surface area contributed by atoms with Gasteiger partial charge in [0.2, 0.25) is 0 Å². The third-order valence-electron chi connectivity index (χ3n) is 3.56. The number of hydrogen-bond donors (Lipinski definition) is 1. The first-order chi connectivity index (χ1) is 9.11. The fourth-order valence-corrected chi connectivity index (χ4v) is 2.24. The summed E-state index contributed by atoms with van der Waals surface area (Å²) in [4.78, 5) is 4.34. The molecule has 102 valence electrons. The number of aromatic nitrogens is 2. The summed E-state index contributed by atoms with van der Waals surface area (Å²) < 4.78 is 2.12. The Bertz CT molecular complexity index is 545. The van der Waals surface area contributed by atoms with Crippen molar-refractivity contribution in [1.29, 1.82) is 0 Å². The zero-order valence-electron chi connectivity index (χ0n) is 11.9. The van der Waals surface area contributed by atoms with Gasteiger partial charge >= 0.3 is 0 Å². The summed E-state index contributed by atoms with van der Waals surface area (Å²) in [5, 5.41) is 10.3. The Morgan fingerprint density at radius 3 is 2.74 bits per heavy atom. The van der Waals surface area contributed by atoms with Gasteiger partial charge < -0.3 is 9.67 Å². The van der Waals surface area contributed by atoms with E-state index in [1.54, 1.807) is 6.20 Å². The van der Waals surface area contributed by atoms with Crippen molar-refractivity contribution < 1.29 is 5.11 Å². The van der Waals surface area contributed by atoms with Crippen molar-refractivity contribution in [2.24, 2.45) is 0 Å². The van der Waals surface area contributed by atoms with E-state index < -0.39 is 6.10 Å². The van der Waals surface area contributed by atoms with Crippen molar-refractivity contribution in [2.75, 3.05) is 0 Å². The van der Waals surface area contributed by atoms with Gasteiger partial charge in [-0.05, 0) is 37.0 Å². The molecule has 3 heteroatoms. The Morgan fingerprint density at radius 1 is 1.26 bits per heavy atom. The predicted octanol–water partition coefficient (Wildman–Crippen LogP) is 3.19. The molecule has 1 aromatic carbocycles. The van der Waals surface area contributed by atoms with Gasteiger partial charge in [0.25, 0.3) is 0 Å². The van der Waals surface area contributed by atoms with Crippen molar-refractivity contribution in [3.63, 3.8) is 0 Å². The maximum absolute atomic E-state index is 10.3. The first-order valence-electron chi connectivity index (χ1n) is 6.87. The zero-order chi connectivity index (χ0) is 13.8. The molecule has 1 N–H and O–H groups in total. The molecule has 0 radical (unpaired) electrons. The van der Waals surface area contributed by atoms with Gasteiger partial charge in [-0.25, -0.2) is 4.98 Å². The summed E-state index contributed by atoms with van der Waals surface area (Å²) in [6.45, 7) is 7.25. The van der Waals surface area contributed by atoms with E-state index in [4.69, 9.17) is 0 Å². The minimum Gasteiger partial charge on any atom is -0.388 e. The first-order valence-corrected chi connectivity index (χ1v) is 6.87.